The minimum Gasteiger partial charge on any atom is -0.396 e. The number of hydrogen-bond acceptors (Lipinski definition) is 2. The lowest BCUT2D eigenvalue weighted by Crippen LogP contribution is -2.48. The van der Waals surface area contributed by atoms with Crippen LogP contribution in [0.1, 0.15) is 63.5 Å². The molecule has 1 saturated carbocycles. The van der Waals surface area contributed by atoms with Crippen molar-refractivity contribution in [2.45, 2.75) is 70.0 Å². The van der Waals surface area contributed by atoms with Crippen LogP contribution in [-0.2, 0) is 0 Å². The van der Waals surface area contributed by atoms with Crippen molar-refractivity contribution in [2.75, 3.05) is 6.61 Å². The third kappa shape index (κ3) is 3.75. The maximum absolute atomic E-state index is 13.0. The van der Waals surface area contributed by atoms with E-state index >= 15 is 0 Å². The van der Waals surface area contributed by atoms with Gasteiger partial charge in [0, 0.05) is 18.7 Å². The Morgan fingerprint density at radius 1 is 1.29 bits per heavy atom. The molecule has 4 unspecified atom stereocenters. The van der Waals surface area contributed by atoms with Crippen molar-refractivity contribution < 1.29 is 9.90 Å². The summed E-state index contributed by atoms with van der Waals surface area (Å²) in [6.45, 7) is 2.34. The lowest BCUT2D eigenvalue weighted by molar-refractivity contribution is 0.151. The van der Waals surface area contributed by atoms with Crippen molar-refractivity contribution in [2.24, 2.45) is 5.92 Å². The zero-order chi connectivity index (χ0) is 16.9. The smallest absolute Gasteiger partial charge is 0.318 e. The van der Waals surface area contributed by atoms with Gasteiger partial charge >= 0.3 is 6.03 Å². The SMILES string of the molecule is CC1CC2CCCCC2N1C(=O)NC(CCCO)c1ccccc1. The number of urea groups is 1. The number of benzene rings is 1. The van der Waals surface area contributed by atoms with Crippen molar-refractivity contribution >= 4 is 6.03 Å². The quantitative estimate of drug-likeness (QED) is 0.861. The molecule has 0 bridgehead atoms. The van der Waals surface area contributed by atoms with Gasteiger partial charge in [-0.25, -0.2) is 4.79 Å². The Labute approximate surface area is 145 Å². The normalized spacial score (nSPS) is 27.6. The summed E-state index contributed by atoms with van der Waals surface area (Å²) in [6, 6.07) is 10.9. The first-order valence-electron chi connectivity index (χ1n) is 9.45. The Bertz CT molecular complexity index is 534. The number of aliphatic hydroxyl groups is 1. The first-order valence-corrected chi connectivity index (χ1v) is 9.45. The van der Waals surface area contributed by atoms with E-state index in [9.17, 15) is 9.90 Å². The van der Waals surface area contributed by atoms with Crippen molar-refractivity contribution in [1.29, 1.82) is 0 Å². The molecule has 1 aliphatic carbocycles. The molecule has 2 N–H and O–H groups in total. The molecular formula is C20H30N2O2. The molecule has 4 atom stereocenters. The fourth-order valence-electron chi connectivity index (χ4n) is 4.59. The summed E-state index contributed by atoms with van der Waals surface area (Å²) >= 11 is 0. The standard InChI is InChI=1S/C20H30N2O2/c1-15-14-17-10-5-6-12-19(17)22(15)20(24)21-18(11-7-13-23)16-8-3-2-4-9-16/h2-4,8-9,15,17-19,23H,5-7,10-14H2,1H3,(H,21,24). The predicted octanol–water partition coefficient (Wildman–Crippen LogP) is 3.86. The Kier molecular flexibility index (Phi) is 5.77. The Morgan fingerprint density at radius 3 is 2.79 bits per heavy atom. The average Bonchev–Trinajstić information content (AvgIpc) is 2.95. The van der Waals surface area contributed by atoms with Gasteiger partial charge in [-0.1, -0.05) is 43.2 Å². The Balaban J connectivity index is 1.70. The number of rotatable bonds is 5. The van der Waals surface area contributed by atoms with E-state index in [1.807, 2.05) is 18.2 Å². The molecule has 1 aromatic rings. The summed E-state index contributed by atoms with van der Waals surface area (Å²) < 4.78 is 0. The molecule has 2 aliphatic rings. The van der Waals surface area contributed by atoms with E-state index in [2.05, 4.69) is 29.3 Å². The monoisotopic (exact) mass is 330 g/mol. The van der Waals surface area contributed by atoms with E-state index < -0.39 is 0 Å². The van der Waals surface area contributed by atoms with Gasteiger partial charge in [0.25, 0.3) is 0 Å². The number of aliphatic hydroxyl groups excluding tert-OH is 1. The highest BCUT2D eigenvalue weighted by molar-refractivity contribution is 5.76. The molecule has 132 valence electrons. The van der Waals surface area contributed by atoms with Crippen molar-refractivity contribution in [1.82, 2.24) is 10.2 Å². The highest BCUT2D eigenvalue weighted by atomic mass is 16.3. The lowest BCUT2D eigenvalue weighted by atomic mass is 9.85. The molecule has 4 heteroatoms. The molecule has 1 saturated heterocycles. The van der Waals surface area contributed by atoms with Gasteiger partial charge in [0.1, 0.15) is 0 Å². The summed E-state index contributed by atoms with van der Waals surface area (Å²) in [5.41, 5.74) is 1.12. The van der Waals surface area contributed by atoms with E-state index in [0.717, 1.165) is 24.8 Å². The minimum atomic E-state index is -0.0271. The molecule has 0 aromatic heterocycles. The first-order chi connectivity index (χ1) is 11.7. The number of nitrogens with zero attached hydrogens (tertiary/aromatic N) is 1. The average molecular weight is 330 g/mol. The first kappa shape index (κ1) is 17.3. The van der Waals surface area contributed by atoms with E-state index in [1.165, 1.54) is 19.3 Å². The van der Waals surface area contributed by atoms with Crippen molar-refractivity contribution in [3.8, 4) is 0 Å². The molecule has 1 heterocycles. The molecular weight excluding hydrogens is 300 g/mol. The third-order valence-corrected chi connectivity index (χ3v) is 5.73. The van der Waals surface area contributed by atoms with Crippen molar-refractivity contribution in [3.05, 3.63) is 35.9 Å². The molecule has 0 spiro atoms. The van der Waals surface area contributed by atoms with Crippen LogP contribution >= 0.6 is 0 Å². The van der Waals surface area contributed by atoms with Gasteiger partial charge in [-0.05, 0) is 50.5 Å². The van der Waals surface area contributed by atoms with Gasteiger partial charge in [0.05, 0.1) is 6.04 Å². The number of likely N-dealkylation sites (tertiary alicyclic amines) is 1. The Hall–Kier alpha value is -1.55. The van der Waals surface area contributed by atoms with Crippen LogP contribution in [0.5, 0.6) is 0 Å². The maximum atomic E-state index is 13.0. The second kappa shape index (κ2) is 8.02. The van der Waals surface area contributed by atoms with Crippen LogP contribution in [0.2, 0.25) is 0 Å². The van der Waals surface area contributed by atoms with Crippen LogP contribution < -0.4 is 5.32 Å². The van der Waals surface area contributed by atoms with Gasteiger partial charge < -0.3 is 15.3 Å². The van der Waals surface area contributed by atoms with Crippen LogP contribution in [0.25, 0.3) is 0 Å². The molecule has 24 heavy (non-hydrogen) atoms. The van der Waals surface area contributed by atoms with Crippen LogP contribution in [0.3, 0.4) is 0 Å². The summed E-state index contributed by atoms with van der Waals surface area (Å²) in [7, 11) is 0. The topological polar surface area (TPSA) is 52.6 Å². The number of hydrogen-bond donors (Lipinski definition) is 2. The fourth-order valence-corrected chi connectivity index (χ4v) is 4.59. The number of nitrogens with one attached hydrogen (secondary N) is 1. The second-order valence-corrected chi connectivity index (χ2v) is 7.38. The zero-order valence-electron chi connectivity index (χ0n) is 14.7. The molecule has 1 aliphatic heterocycles. The van der Waals surface area contributed by atoms with E-state index in [1.54, 1.807) is 0 Å². The highest BCUT2D eigenvalue weighted by Crippen LogP contribution is 2.39. The summed E-state index contributed by atoms with van der Waals surface area (Å²) in [5.74, 6) is 0.687. The fraction of sp³-hybridized carbons (Fsp3) is 0.650. The highest BCUT2D eigenvalue weighted by Gasteiger charge is 2.42. The van der Waals surface area contributed by atoms with Gasteiger partial charge in [0.2, 0.25) is 0 Å². The Morgan fingerprint density at radius 2 is 2.04 bits per heavy atom. The molecule has 3 rings (SSSR count). The van der Waals surface area contributed by atoms with Crippen LogP contribution in [0, 0.1) is 5.92 Å². The van der Waals surface area contributed by atoms with Crippen LogP contribution in [-0.4, -0.2) is 34.7 Å². The number of carbonyl (C=O) groups is 1. The van der Waals surface area contributed by atoms with Crippen LogP contribution in [0.15, 0.2) is 30.3 Å². The second-order valence-electron chi connectivity index (χ2n) is 7.38. The number of amides is 2. The minimum absolute atomic E-state index is 0.0271. The van der Waals surface area contributed by atoms with Gasteiger partial charge in [-0.2, -0.15) is 0 Å². The molecule has 1 aromatic carbocycles. The summed E-state index contributed by atoms with van der Waals surface area (Å²) in [4.78, 5) is 15.1. The maximum Gasteiger partial charge on any atom is 0.318 e. The van der Waals surface area contributed by atoms with E-state index in [0.29, 0.717) is 24.4 Å². The van der Waals surface area contributed by atoms with E-state index in [4.69, 9.17) is 0 Å². The largest absolute Gasteiger partial charge is 0.396 e. The molecule has 0 radical (unpaired) electrons. The summed E-state index contributed by atoms with van der Waals surface area (Å²) in [5, 5.41) is 12.4. The van der Waals surface area contributed by atoms with E-state index in [-0.39, 0.29) is 18.7 Å². The molecule has 2 fully saturated rings. The van der Waals surface area contributed by atoms with Gasteiger partial charge in [-0.15, -0.1) is 0 Å². The molecule has 2 amide bonds. The van der Waals surface area contributed by atoms with Gasteiger partial charge in [-0.3, -0.25) is 0 Å². The van der Waals surface area contributed by atoms with Crippen LogP contribution in [0.4, 0.5) is 4.79 Å². The van der Waals surface area contributed by atoms with Gasteiger partial charge in [0.15, 0.2) is 0 Å². The number of carbonyl (C=O) groups excluding carboxylic acids is 1. The zero-order valence-corrected chi connectivity index (χ0v) is 14.7. The predicted molar refractivity (Wildman–Crippen MR) is 95.7 cm³/mol. The molecule has 4 nitrogen and oxygen atoms in total. The van der Waals surface area contributed by atoms with Crippen molar-refractivity contribution in [3.63, 3.8) is 0 Å². The lowest BCUT2D eigenvalue weighted by Gasteiger charge is -2.34. The third-order valence-electron chi connectivity index (χ3n) is 5.73. The summed E-state index contributed by atoms with van der Waals surface area (Å²) in [6.07, 6.45) is 7.58. The number of fused-ring (bicyclic) bond motifs is 1.